The van der Waals surface area contributed by atoms with Gasteiger partial charge in [-0.2, -0.15) is 0 Å². The molecule has 1 aromatic rings. The quantitative estimate of drug-likeness (QED) is 0.590. The van der Waals surface area contributed by atoms with Gasteiger partial charge in [0, 0.05) is 11.4 Å². The second-order valence-corrected chi connectivity index (χ2v) is 5.47. The van der Waals surface area contributed by atoms with Crippen LogP contribution >= 0.6 is 11.8 Å². The lowest BCUT2D eigenvalue weighted by Gasteiger charge is -2.17. The number of rotatable bonds is 6. The molecule has 0 radical (unpaired) electrons. The lowest BCUT2D eigenvalue weighted by molar-refractivity contribution is 0.0801. The van der Waals surface area contributed by atoms with E-state index in [2.05, 4.69) is 35.8 Å². The molecule has 1 aromatic carbocycles. The lowest BCUT2D eigenvalue weighted by Crippen LogP contribution is -2.35. The Kier molecular flexibility index (Phi) is 5.32. The number of hydrogen-bond donors (Lipinski definition) is 2. The van der Waals surface area contributed by atoms with Gasteiger partial charge in [-0.15, -0.1) is 11.8 Å². The SMILES string of the molecule is CSc1ccc(CCNCC(C)(C)O)cc1. The van der Waals surface area contributed by atoms with Crippen molar-refractivity contribution < 1.29 is 5.11 Å². The lowest BCUT2D eigenvalue weighted by atomic mass is 10.1. The molecule has 0 aromatic heterocycles. The topological polar surface area (TPSA) is 32.3 Å². The van der Waals surface area contributed by atoms with E-state index in [-0.39, 0.29) is 0 Å². The zero-order valence-electron chi connectivity index (χ0n) is 10.3. The predicted octanol–water partition coefficient (Wildman–Crippen LogP) is 2.31. The van der Waals surface area contributed by atoms with Gasteiger partial charge in [0.1, 0.15) is 0 Å². The summed E-state index contributed by atoms with van der Waals surface area (Å²) in [6.45, 7) is 5.17. The van der Waals surface area contributed by atoms with Crippen LogP contribution < -0.4 is 5.32 Å². The first-order chi connectivity index (χ1) is 7.51. The molecule has 0 heterocycles. The molecule has 0 bridgehead atoms. The van der Waals surface area contributed by atoms with Crippen molar-refractivity contribution in [2.45, 2.75) is 30.8 Å². The number of benzene rings is 1. The molecule has 0 unspecified atom stereocenters. The summed E-state index contributed by atoms with van der Waals surface area (Å²) in [6.07, 6.45) is 3.09. The van der Waals surface area contributed by atoms with E-state index in [1.807, 2.05) is 13.8 Å². The van der Waals surface area contributed by atoms with Crippen molar-refractivity contribution in [1.82, 2.24) is 5.32 Å². The average Bonchev–Trinajstić information content (AvgIpc) is 2.24. The Morgan fingerprint density at radius 3 is 2.38 bits per heavy atom. The Morgan fingerprint density at radius 2 is 1.88 bits per heavy atom. The zero-order chi connectivity index (χ0) is 12.0. The minimum Gasteiger partial charge on any atom is -0.389 e. The third kappa shape index (κ3) is 5.54. The van der Waals surface area contributed by atoms with E-state index in [1.165, 1.54) is 10.5 Å². The van der Waals surface area contributed by atoms with E-state index in [9.17, 15) is 5.11 Å². The monoisotopic (exact) mass is 239 g/mol. The summed E-state index contributed by atoms with van der Waals surface area (Å²) in [4.78, 5) is 1.30. The molecule has 1 rings (SSSR count). The van der Waals surface area contributed by atoms with E-state index in [4.69, 9.17) is 0 Å². The van der Waals surface area contributed by atoms with Gasteiger partial charge in [0.15, 0.2) is 0 Å². The molecule has 0 atom stereocenters. The second kappa shape index (κ2) is 6.28. The Morgan fingerprint density at radius 1 is 1.25 bits per heavy atom. The Balaban J connectivity index is 2.27. The Hall–Kier alpha value is -0.510. The molecule has 0 spiro atoms. The molecular weight excluding hydrogens is 218 g/mol. The molecule has 0 aliphatic carbocycles. The van der Waals surface area contributed by atoms with Gasteiger partial charge in [0.25, 0.3) is 0 Å². The Labute approximate surface area is 102 Å². The van der Waals surface area contributed by atoms with Gasteiger partial charge in [-0.25, -0.2) is 0 Å². The fourth-order valence-electron chi connectivity index (χ4n) is 1.42. The van der Waals surface area contributed by atoms with Crippen LogP contribution in [0.5, 0.6) is 0 Å². The first-order valence-electron chi connectivity index (χ1n) is 5.57. The van der Waals surface area contributed by atoms with E-state index >= 15 is 0 Å². The molecule has 2 N–H and O–H groups in total. The summed E-state index contributed by atoms with van der Waals surface area (Å²) in [7, 11) is 0. The highest BCUT2D eigenvalue weighted by Crippen LogP contribution is 2.14. The molecule has 0 fully saturated rings. The van der Waals surface area contributed by atoms with Gasteiger partial charge in [0.05, 0.1) is 5.60 Å². The fourth-order valence-corrected chi connectivity index (χ4v) is 1.83. The normalized spacial score (nSPS) is 11.8. The van der Waals surface area contributed by atoms with Crippen molar-refractivity contribution in [2.24, 2.45) is 0 Å². The maximum Gasteiger partial charge on any atom is 0.0715 e. The standard InChI is InChI=1S/C13H21NOS/c1-13(2,15)10-14-9-8-11-4-6-12(16-3)7-5-11/h4-7,14-15H,8-10H2,1-3H3. The van der Waals surface area contributed by atoms with Crippen LogP contribution in [0.25, 0.3) is 0 Å². The smallest absolute Gasteiger partial charge is 0.0715 e. The van der Waals surface area contributed by atoms with Crippen LogP contribution in [0.3, 0.4) is 0 Å². The highest BCUT2D eigenvalue weighted by molar-refractivity contribution is 7.98. The van der Waals surface area contributed by atoms with Crippen molar-refractivity contribution >= 4 is 11.8 Å². The average molecular weight is 239 g/mol. The van der Waals surface area contributed by atoms with Crippen molar-refractivity contribution in [3.8, 4) is 0 Å². The first-order valence-corrected chi connectivity index (χ1v) is 6.80. The number of aliphatic hydroxyl groups is 1. The van der Waals surface area contributed by atoms with Crippen molar-refractivity contribution in [3.63, 3.8) is 0 Å². The van der Waals surface area contributed by atoms with Gasteiger partial charge in [-0.05, 0) is 50.8 Å². The van der Waals surface area contributed by atoms with Crippen LogP contribution in [-0.2, 0) is 6.42 Å². The van der Waals surface area contributed by atoms with Crippen LogP contribution in [0.1, 0.15) is 19.4 Å². The maximum atomic E-state index is 9.52. The van der Waals surface area contributed by atoms with Crippen LogP contribution in [0.4, 0.5) is 0 Å². The molecule has 0 saturated carbocycles. The maximum absolute atomic E-state index is 9.52. The van der Waals surface area contributed by atoms with Gasteiger partial charge in [-0.3, -0.25) is 0 Å². The molecule has 90 valence electrons. The third-order valence-electron chi connectivity index (χ3n) is 2.31. The highest BCUT2D eigenvalue weighted by Gasteiger charge is 2.10. The number of hydrogen-bond acceptors (Lipinski definition) is 3. The molecule has 0 aliphatic rings. The molecule has 2 nitrogen and oxygen atoms in total. The van der Waals surface area contributed by atoms with Gasteiger partial charge < -0.3 is 10.4 Å². The summed E-state index contributed by atoms with van der Waals surface area (Å²) in [5.41, 5.74) is 0.712. The molecule has 16 heavy (non-hydrogen) atoms. The van der Waals surface area contributed by atoms with Crippen LogP contribution in [0.2, 0.25) is 0 Å². The van der Waals surface area contributed by atoms with Crippen molar-refractivity contribution in [3.05, 3.63) is 29.8 Å². The molecule has 0 aliphatic heterocycles. The fraction of sp³-hybridized carbons (Fsp3) is 0.538. The zero-order valence-corrected chi connectivity index (χ0v) is 11.1. The van der Waals surface area contributed by atoms with Gasteiger partial charge >= 0.3 is 0 Å². The summed E-state index contributed by atoms with van der Waals surface area (Å²) < 4.78 is 0. The van der Waals surface area contributed by atoms with Crippen molar-refractivity contribution in [1.29, 1.82) is 0 Å². The highest BCUT2D eigenvalue weighted by atomic mass is 32.2. The minimum absolute atomic E-state index is 0.622. The summed E-state index contributed by atoms with van der Waals surface area (Å²) >= 11 is 1.76. The van der Waals surface area contributed by atoms with Gasteiger partial charge in [0.2, 0.25) is 0 Å². The molecule has 3 heteroatoms. The summed E-state index contributed by atoms with van der Waals surface area (Å²) in [6, 6.07) is 8.63. The predicted molar refractivity (Wildman–Crippen MR) is 71.1 cm³/mol. The first kappa shape index (κ1) is 13.6. The largest absolute Gasteiger partial charge is 0.389 e. The molecule has 0 saturated heterocycles. The van der Waals surface area contributed by atoms with Crippen LogP contribution in [-0.4, -0.2) is 30.1 Å². The molecular formula is C13H21NOS. The number of nitrogens with one attached hydrogen (secondary N) is 1. The van der Waals surface area contributed by atoms with E-state index in [1.54, 1.807) is 11.8 Å². The van der Waals surface area contributed by atoms with E-state index < -0.39 is 5.60 Å². The van der Waals surface area contributed by atoms with Crippen LogP contribution in [0.15, 0.2) is 29.2 Å². The summed E-state index contributed by atoms with van der Waals surface area (Å²) in [5, 5.41) is 12.8. The third-order valence-corrected chi connectivity index (χ3v) is 3.05. The van der Waals surface area contributed by atoms with Gasteiger partial charge in [-0.1, -0.05) is 12.1 Å². The minimum atomic E-state index is -0.622. The van der Waals surface area contributed by atoms with Crippen molar-refractivity contribution in [2.75, 3.05) is 19.3 Å². The van der Waals surface area contributed by atoms with E-state index in [0.29, 0.717) is 6.54 Å². The molecule has 0 amide bonds. The Bertz CT molecular complexity index is 303. The van der Waals surface area contributed by atoms with E-state index in [0.717, 1.165) is 13.0 Å². The summed E-state index contributed by atoms with van der Waals surface area (Å²) in [5.74, 6) is 0. The van der Waals surface area contributed by atoms with Crippen LogP contribution in [0, 0.1) is 0 Å². The second-order valence-electron chi connectivity index (χ2n) is 4.59. The number of thioether (sulfide) groups is 1.